The van der Waals surface area contributed by atoms with Gasteiger partial charge in [-0.05, 0) is 12.2 Å². The topological polar surface area (TPSA) is 74.6 Å². The highest BCUT2D eigenvalue weighted by molar-refractivity contribution is 7.66. The van der Waals surface area contributed by atoms with E-state index in [0.29, 0.717) is 4.86 Å². The van der Waals surface area contributed by atoms with Crippen molar-refractivity contribution in [2.24, 2.45) is 0 Å². The van der Waals surface area contributed by atoms with Crippen molar-refractivity contribution >= 4 is 22.1 Å². The van der Waals surface area contributed by atoms with Crippen molar-refractivity contribution < 1.29 is 19.2 Å². The molecule has 0 aromatic carbocycles. The van der Waals surface area contributed by atoms with Crippen LogP contribution in [0.25, 0.3) is 0 Å². The van der Waals surface area contributed by atoms with E-state index in [1.165, 1.54) is 12.2 Å². The lowest BCUT2D eigenvalue weighted by Gasteiger charge is -2.06. The minimum Gasteiger partial charge on any atom is -0.511 e. The van der Waals surface area contributed by atoms with E-state index < -0.39 is 5.97 Å². The minimum atomic E-state index is -1.18. The molecule has 0 unspecified atom stereocenters. The van der Waals surface area contributed by atoms with Gasteiger partial charge in [0.15, 0.2) is 0 Å². The first kappa shape index (κ1) is 8.73. The van der Waals surface area contributed by atoms with Gasteiger partial charge in [0.2, 0.25) is 0 Å². The van der Waals surface area contributed by atoms with Gasteiger partial charge in [0, 0.05) is 6.42 Å². The molecule has 0 aromatic heterocycles. The Bertz CT molecular complexity index is 333. The van der Waals surface area contributed by atoms with E-state index in [2.05, 4.69) is 0 Å². The van der Waals surface area contributed by atoms with E-state index in [-0.39, 0.29) is 29.0 Å². The highest BCUT2D eigenvalue weighted by atomic mass is 32.1. The third kappa shape index (κ3) is 1.62. The molecule has 1 rings (SSSR count). The summed E-state index contributed by atoms with van der Waals surface area (Å²) in [4.78, 5) is 10.8. The standard InChI is InChI=1S/C7H6O4S/c8-6-3-4(12-11)1-2-5(6)7(9)10/h1-2,8H,3H2,(H,9,10). The van der Waals surface area contributed by atoms with Gasteiger partial charge in [-0.3, -0.25) is 0 Å². The first-order chi connectivity index (χ1) is 5.65. The van der Waals surface area contributed by atoms with Gasteiger partial charge in [-0.25, -0.2) is 9.00 Å². The maximum Gasteiger partial charge on any atom is 0.339 e. The summed E-state index contributed by atoms with van der Waals surface area (Å²) in [6.07, 6.45) is 2.65. The van der Waals surface area contributed by atoms with Gasteiger partial charge in [-0.15, -0.1) is 0 Å². The highest BCUT2D eigenvalue weighted by Gasteiger charge is 2.16. The number of rotatable bonds is 1. The van der Waals surface area contributed by atoms with Crippen molar-refractivity contribution in [1.82, 2.24) is 0 Å². The van der Waals surface area contributed by atoms with Crippen molar-refractivity contribution in [1.29, 1.82) is 0 Å². The molecule has 0 amide bonds. The Kier molecular flexibility index (Phi) is 2.44. The summed E-state index contributed by atoms with van der Waals surface area (Å²) in [6, 6.07) is 0. The number of allylic oxidation sites excluding steroid dienone is 2. The van der Waals surface area contributed by atoms with Crippen LogP contribution in [0.5, 0.6) is 0 Å². The molecule has 0 saturated heterocycles. The van der Waals surface area contributed by atoms with Crippen LogP contribution in [0.2, 0.25) is 0 Å². The number of carboxylic acid groups (broad SMARTS) is 1. The summed E-state index contributed by atoms with van der Waals surface area (Å²) in [7, 11) is 0. The smallest absolute Gasteiger partial charge is 0.339 e. The van der Waals surface area contributed by atoms with Crippen molar-refractivity contribution in [3.63, 3.8) is 0 Å². The Balaban J connectivity index is 3.03. The van der Waals surface area contributed by atoms with Crippen molar-refractivity contribution in [3.05, 3.63) is 23.5 Å². The van der Waals surface area contributed by atoms with Crippen LogP contribution in [0.4, 0.5) is 0 Å². The Labute approximate surface area is 71.9 Å². The summed E-state index contributed by atoms with van der Waals surface area (Å²) in [6.45, 7) is 0. The van der Waals surface area contributed by atoms with E-state index in [0.717, 1.165) is 0 Å². The zero-order chi connectivity index (χ0) is 9.14. The van der Waals surface area contributed by atoms with Crippen LogP contribution in [0, 0.1) is 0 Å². The summed E-state index contributed by atoms with van der Waals surface area (Å²) in [5.74, 6) is -1.44. The maximum atomic E-state index is 10.4. The normalized spacial score (nSPS) is 16.5. The lowest BCUT2D eigenvalue weighted by atomic mass is 10.1. The van der Waals surface area contributed by atoms with Crippen LogP contribution in [-0.4, -0.2) is 25.3 Å². The monoisotopic (exact) mass is 186 g/mol. The number of aliphatic hydroxyl groups excluding tert-OH is 1. The van der Waals surface area contributed by atoms with E-state index >= 15 is 0 Å². The molecule has 12 heavy (non-hydrogen) atoms. The minimum absolute atomic E-state index is 0.0201. The second kappa shape index (κ2) is 3.36. The molecule has 0 atom stereocenters. The van der Waals surface area contributed by atoms with E-state index in [1.807, 2.05) is 0 Å². The first-order valence-corrected chi connectivity index (χ1v) is 3.88. The molecule has 0 radical (unpaired) electrons. The zero-order valence-corrected chi connectivity index (χ0v) is 6.80. The zero-order valence-electron chi connectivity index (χ0n) is 5.98. The van der Waals surface area contributed by atoms with E-state index in [9.17, 15) is 9.00 Å². The van der Waals surface area contributed by atoms with Crippen molar-refractivity contribution in [2.45, 2.75) is 6.42 Å². The first-order valence-electron chi connectivity index (χ1n) is 3.14. The van der Waals surface area contributed by atoms with Crippen LogP contribution < -0.4 is 0 Å². The number of hydrogen-bond donors (Lipinski definition) is 2. The van der Waals surface area contributed by atoms with Crippen molar-refractivity contribution in [3.8, 4) is 0 Å². The fraction of sp³-hybridized carbons (Fsp3) is 0.143. The van der Waals surface area contributed by atoms with Crippen LogP contribution in [0.3, 0.4) is 0 Å². The van der Waals surface area contributed by atoms with E-state index in [1.54, 1.807) is 0 Å². The molecule has 0 aromatic rings. The molecule has 0 spiro atoms. The molecule has 1 aliphatic carbocycles. The summed E-state index contributed by atoms with van der Waals surface area (Å²) in [5, 5.41) is 17.6. The van der Waals surface area contributed by atoms with Crippen molar-refractivity contribution in [2.75, 3.05) is 0 Å². The molecule has 0 fully saturated rings. The molecule has 5 heteroatoms. The molecule has 0 aliphatic heterocycles. The average molecular weight is 186 g/mol. The van der Waals surface area contributed by atoms with Gasteiger partial charge in [0.1, 0.15) is 5.76 Å². The molecule has 0 heterocycles. The number of aliphatic hydroxyl groups is 1. The molecular weight excluding hydrogens is 180 g/mol. The Hall–Kier alpha value is -1.36. The Morgan fingerprint density at radius 1 is 1.50 bits per heavy atom. The SMILES string of the molecule is O=S=C1C=CC(C(=O)O)=C(O)C1. The molecular formula is C7H6O4S. The predicted octanol–water partition coefficient (Wildman–Crippen LogP) is 0.228. The largest absolute Gasteiger partial charge is 0.511 e. The molecule has 2 N–H and O–H groups in total. The second-order valence-corrected chi connectivity index (χ2v) is 2.92. The fourth-order valence-electron chi connectivity index (χ4n) is 0.844. The van der Waals surface area contributed by atoms with Gasteiger partial charge >= 0.3 is 5.97 Å². The summed E-state index contributed by atoms with van der Waals surface area (Å²) in [5.41, 5.74) is -0.146. The maximum absolute atomic E-state index is 10.4. The second-order valence-electron chi connectivity index (χ2n) is 2.23. The van der Waals surface area contributed by atoms with E-state index in [4.69, 9.17) is 10.2 Å². The number of carbonyl (C=O) groups is 1. The molecule has 64 valence electrons. The van der Waals surface area contributed by atoms with Crippen LogP contribution in [0.1, 0.15) is 6.42 Å². The number of carboxylic acids is 1. The summed E-state index contributed by atoms with van der Waals surface area (Å²) >= 11 is 0.256. The van der Waals surface area contributed by atoms with Crippen LogP contribution in [0.15, 0.2) is 23.5 Å². The fourth-order valence-corrected chi connectivity index (χ4v) is 1.16. The van der Waals surface area contributed by atoms with Gasteiger partial charge in [-0.1, -0.05) is 0 Å². The Morgan fingerprint density at radius 2 is 2.17 bits per heavy atom. The molecule has 0 bridgehead atoms. The lowest BCUT2D eigenvalue weighted by Crippen LogP contribution is -2.10. The van der Waals surface area contributed by atoms with Gasteiger partial charge in [0.05, 0.1) is 21.7 Å². The van der Waals surface area contributed by atoms with Gasteiger partial charge in [0.25, 0.3) is 0 Å². The third-order valence-electron chi connectivity index (χ3n) is 1.43. The molecule has 4 nitrogen and oxygen atoms in total. The predicted molar refractivity (Wildman–Crippen MR) is 44.2 cm³/mol. The van der Waals surface area contributed by atoms with Crippen LogP contribution >= 0.6 is 0 Å². The van der Waals surface area contributed by atoms with Gasteiger partial charge in [-0.2, -0.15) is 0 Å². The summed E-state index contributed by atoms with van der Waals surface area (Å²) < 4.78 is 10.3. The Morgan fingerprint density at radius 3 is 2.58 bits per heavy atom. The quantitative estimate of drug-likeness (QED) is 0.575. The average Bonchev–Trinajstić information content (AvgIpc) is 2.03. The lowest BCUT2D eigenvalue weighted by molar-refractivity contribution is -0.132. The number of aliphatic carboxylic acids is 1. The van der Waals surface area contributed by atoms with Crippen LogP contribution in [-0.2, 0) is 16.1 Å². The van der Waals surface area contributed by atoms with Gasteiger partial charge < -0.3 is 10.2 Å². The molecule has 0 saturated carbocycles. The number of hydrogen-bond acceptors (Lipinski definition) is 3. The third-order valence-corrected chi connectivity index (χ3v) is 1.92. The molecule has 1 aliphatic rings. The highest BCUT2D eigenvalue weighted by Crippen LogP contribution is 2.14.